The smallest absolute Gasteiger partial charge is 0.136 e. The van der Waals surface area contributed by atoms with Crippen molar-refractivity contribution >= 4 is 64.1 Å². The molecule has 11 rings (SSSR count). The lowest BCUT2D eigenvalue weighted by molar-refractivity contribution is 0.472. The highest BCUT2D eigenvalue weighted by Crippen LogP contribution is 2.50. The fraction of sp³-hybridized carbons (Fsp3) is 0.0217. The number of rotatable bonds is 2. The molecule has 0 atom stereocenters. The Hall–Kier alpha value is -6.21. The van der Waals surface area contributed by atoms with Crippen LogP contribution in [0.2, 0.25) is 0 Å². The molecule has 4 nitrogen and oxygen atoms in total. The number of hydrogen-bond acceptors (Lipinski definition) is 6. The molecule has 3 aromatic heterocycles. The summed E-state index contributed by atoms with van der Waals surface area (Å²) in [5, 5.41) is 8.43. The van der Waals surface area contributed by atoms with E-state index in [4.69, 9.17) is 9.47 Å². The molecule has 6 aromatic carbocycles. The summed E-state index contributed by atoms with van der Waals surface area (Å²) >= 11 is 3.54. The van der Waals surface area contributed by atoms with Gasteiger partial charge in [0.25, 0.3) is 0 Å². The SMILES string of the molecule is C1=Cc2c(sc3cccc(-c4ccc5c(c4)Oc4ccccc4-c4ccccc4Oc4cc(-c6cccc7sc8ncccc8c67)ccc4-5)c23)NC1. The Morgan fingerprint density at radius 3 is 1.81 bits per heavy atom. The summed E-state index contributed by atoms with van der Waals surface area (Å²) in [6.45, 7) is 0.851. The molecule has 246 valence electrons. The maximum Gasteiger partial charge on any atom is 0.136 e. The minimum absolute atomic E-state index is 0.766. The van der Waals surface area contributed by atoms with Crippen molar-refractivity contribution in [3.05, 3.63) is 151 Å². The molecule has 5 heterocycles. The third-order valence-electron chi connectivity index (χ3n) is 10.1. The molecule has 1 N–H and O–H groups in total. The third kappa shape index (κ3) is 4.62. The molecule has 0 radical (unpaired) electrons. The van der Waals surface area contributed by atoms with Crippen LogP contribution in [0.1, 0.15) is 5.56 Å². The average Bonchev–Trinajstić information content (AvgIpc) is 3.77. The van der Waals surface area contributed by atoms with Gasteiger partial charge in [0, 0.05) is 66.1 Å². The molecular weight excluding hydrogens is 677 g/mol. The monoisotopic (exact) mass is 704 g/mol. The number of aromatic nitrogens is 1. The summed E-state index contributed by atoms with van der Waals surface area (Å²) in [7, 11) is 0. The number of nitrogens with zero attached hydrogens (tertiary/aromatic N) is 1. The Morgan fingerprint density at radius 2 is 1.12 bits per heavy atom. The predicted molar refractivity (Wildman–Crippen MR) is 218 cm³/mol. The molecule has 2 aliphatic heterocycles. The summed E-state index contributed by atoms with van der Waals surface area (Å²) < 4.78 is 16.5. The number of benzene rings is 6. The van der Waals surface area contributed by atoms with Gasteiger partial charge in [-0.2, -0.15) is 0 Å². The number of pyridine rings is 1. The lowest BCUT2D eigenvalue weighted by Gasteiger charge is -2.22. The lowest BCUT2D eigenvalue weighted by atomic mass is 9.93. The Balaban J connectivity index is 1.15. The second kappa shape index (κ2) is 11.7. The van der Waals surface area contributed by atoms with Crippen LogP contribution in [-0.4, -0.2) is 11.5 Å². The largest absolute Gasteiger partial charge is 0.456 e. The van der Waals surface area contributed by atoms with Gasteiger partial charge in [-0.15, -0.1) is 22.7 Å². The first-order valence-corrected chi connectivity index (χ1v) is 19.0. The van der Waals surface area contributed by atoms with Gasteiger partial charge in [0.15, 0.2) is 0 Å². The van der Waals surface area contributed by atoms with Crippen LogP contribution in [-0.2, 0) is 0 Å². The van der Waals surface area contributed by atoms with Gasteiger partial charge < -0.3 is 14.8 Å². The van der Waals surface area contributed by atoms with Crippen molar-refractivity contribution in [2.24, 2.45) is 0 Å². The predicted octanol–water partition coefficient (Wildman–Crippen LogP) is 13.7. The Bertz CT molecular complexity index is 2940. The van der Waals surface area contributed by atoms with Crippen LogP contribution in [0.4, 0.5) is 5.00 Å². The minimum Gasteiger partial charge on any atom is -0.456 e. The first-order chi connectivity index (χ1) is 25.8. The molecule has 52 heavy (non-hydrogen) atoms. The normalized spacial score (nSPS) is 12.9. The average molecular weight is 705 g/mol. The van der Waals surface area contributed by atoms with E-state index in [-0.39, 0.29) is 0 Å². The molecule has 9 aromatic rings. The molecule has 0 aliphatic carbocycles. The molecule has 6 heteroatoms. The van der Waals surface area contributed by atoms with Gasteiger partial charge in [-0.3, -0.25) is 0 Å². The molecule has 2 aliphatic rings. The van der Waals surface area contributed by atoms with Crippen LogP contribution < -0.4 is 14.8 Å². The highest BCUT2D eigenvalue weighted by atomic mass is 32.1. The Kier molecular flexibility index (Phi) is 6.62. The molecule has 0 saturated carbocycles. The van der Waals surface area contributed by atoms with Crippen LogP contribution in [0.5, 0.6) is 23.0 Å². The van der Waals surface area contributed by atoms with Crippen molar-refractivity contribution in [2.75, 3.05) is 11.9 Å². The van der Waals surface area contributed by atoms with Crippen LogP contribution >= 0.6 is 22.7 Å². The van der Waals surface area contributed by atoms with Gasteiger partial charge in [0.1, 0.15) is 27.8 Å². The van der Waals surface area contributed by atoms with Gasteiger partial charge in [-0.25, -0.2) is 4.98 Å². The number of hydrogen-bond donors (Lipinski definition) is 1. The number of fused-ring (bicyclic) bond motifs is 12. The number of para-hydroxylation sites is 2. The Labute approximate surface area is 307 Å². The molecular formula is C46H28N2O2S2. The van der Waals surface area contributed by atoms with Crippen molar-refractivity contribution in [2.45, 2.75) is 0 Å². The fourth-order valence-electron chi connectivity index (χ4n) is 7.72. The van der Waals surface area contributed by atoms with E-state index >= 15 is 0 Å². The van der Waals surface area contributed by atoms with Crippen molar-refractivity contribution in [1.82, 2.24) is 4.98 Å². The van der Waals surface area contributed by atoms with E-state index in [1.54, 1.807) is 11.3 Å². The molecule has 0 spiro atoms. The van der Waals surface area contributed by atoms with Crippen molar-refractivity contribution in [1.29, 1.82) is 0 Å². The van der Waals surface area contributed by atoms with Crippen LogP contribution in [0.25, 0.3) is 81.0 Å². The molecule has 0 amide bonds. The van der Waals surface area contributed by atoms with Crippen molar-refractivity contribution in [3.8, 4) is 67.5 Å². The van der Waals surface area contributed by atoms with Gasteiger partial charge >= 0.3 is 0 Å². The number of nitrogens with one attached hydrogen (secondary N) is 1. The summed E-state index contributed by atoms with van der Waals surface area (Å²) in [5.74, 6) is 3.09. The van der Waals surface area contributed by atoms with Gasteiger partial charge in [0.2, 0.25) is 0 Å². The van der Waals surface area contributed by atoms with Gasteiger partial charge in [0.05, 0.1) is 5.00 Å². The first-order valence-electron chi connectivity index (χ1n) is 17.3. The fourth-order valence-corrected chi connectivity index (χ4v) is 9.91. The zero-order chi connectivity index (χ0) is 34.2. The highest BCUT2D eigenvalue weighted by Gasteiger charge is 2.23. The van der Waals surface area contributed by atoms with E-state index < -0.39 is 0 Å². The second-order valence-electron chi connectivity index (χ2n) is 13.1. The zero-order valence-corrected chi connectivity index (χ0v) is 29.4. The van der Waals surface area contributed by atoms with Crippen molar-refractivity contribution < 1.29 is 9.47 Å². The number of ether oxygens (including phenoxy) is 2. The maximum absolute atomic E-state index is 7.03. The summed E-state index contributed by atoms with van der Waals surface area (Å²) in [4.78, 5) is 5.71. The van der Waals surface area contributed by atoms with Crippen molar-refractivity contribution in [3.63, 3.8) is 0 Å². The van der Waals surface area contributed by atoms with E-state index in [2.05, 4.69) is 126 Å². The molecule has 0 fully saturated rings. The minimum atomic E-state index is 0.766. The van der Waals surface area contributed by atoms with E-state index in [0.29, 0.717) is 0 Å². The van der Waals surface area contributed by atoms with Crippen LogP contribution in [0, 0.1) is 0 Å². The van der Waals surface area contributed by atoms with E-state index in [9.17, 15) is 0 Å². The molecule has 0 bridgehead atoms. The number of thiophene rings is 2. The Morgan fingerprint density at radius 1 is 0.519 bits per heavy atom. The molecule has 0 saturated heterocycles. The molecule has 0 unspecified atom stereocenters. The summed E-state index contributed by atoms with van der Waals surface area (Å²) in [6.07, 6.45) is 6.31. The lowest BCUT2D eigenvalue weighted by Crippen LogP contribution is -2.01. The van der Waals surface area contributed by atoms with Gasteiger partial charge in [-0.1, -0.05) is 84.9 Å². The van der Waals surface area contributed by atoms with Gasteiger partial charge in [-0.05, 0) is 82.9 Å². The summed E-state index contributed by atoms with van der Waals surface area (Å²) in [5.41, 5.74) is 9.64. The van der Waals surface area contributed by atoms with E-state index in [1.807, 2.05) is 47.9 Å². The van der Waals surface area contributed by atoms with E-state index in [0.717, 1.165) is 73.3 Å². The topological polar surface area (TPSA) is 43.4 Å². The summed E-state index contributed by atoms with van der Waals surface area (Å²) in [6, 6.07) is 46.9. The van der Waals surface area contributed by atoms with E-state index in [1.165, 1.54) is 41.7 Å². The second-order valence-corrected chi connectivity index (χ2v) is 15.1. The number of anilines is 1. The highest BCUT2D eigenvalue weighted by molar-refractivity contribution is 7.25. The zero-order valence-electron chi connectivity index (χ0n) is 27.7. The first kappa shape index (κ1) is 29.5. The van der Waals surface area contributed by atoms with Crippen LogP contribution in [0.15, 0.2) is 146 Å². The standard InChI is InChI=1S/C46H28N2O2S2/c1-3-15-37-31(9-1)32-10-2-4-16-38(32)50-40-26-28(30-12-6-18-42-44(30)36-14-8-24-48-46(36)52-42)20-22-34(40)33-21-19-27(25-39(33)49-37)29-11-5-17-41-43(29)35-13-7-23-47-45(35)51-41/h1-23,25-26,48H,24H2. The maximum atomic E-state index is 7.03. The quantitative estimate of drug-likeness (QED) is 0.195. The third-order valence-corrected chi connectivity index (χ3v) is 12.3. The van der Waals surface area contributed by atoms with Crippen LogP contribution in [0.3, 0.4) is 0 Å².